The van der Waals surface area contributed by atoms with E-state index in [9.17, 15) is 4.79 Å². The maximum Gasteiger partial charge on any atom is 0.253 e. The van der Waals surface area contributed by atoms with E-state index in [1.54, 1.807) is 6.20 Å². The SMILES string of the molecule is Cc1ccc(C)c(-c2nccc(-c3cc4c([nH]3)CCNC4=O)n2)c1. The minimum absolute atomic E-state index is 0.0254. The highest BCUT2D eigenvalue weighted by Crippen LogP contribution is 2.26. The number of hydrogen-bond donors (Lipinski definition) is 2. The summed E-state index contributed by atoms with van der Waals surface area (Å²) < 4.78 is 0. The van der Waals surface area contributed by atoms with Crippen LogP contribution in [0.15, 0.2) is 36.5 Å². The fourth-order valence-electron chi connectivity index (χ4n) is 3.05. The van der Waals surface area contributed by atoms with E-state index in [-0.39, 0.29) is 5.91 Å². The number of aromatic amines is 1. The molecule has 0 atom stereocenters. The molecule has 3 aromatic rings. The maximum atomic E-state index is 11.9. The van der Waals surface area contributed by atoms with E-state index < -0.39 is 0 Å². The number of aromatic nitrogens is 3. The van der Waals surface area contributed by atoms with Crippen LogP contribution in [0.2, 0.25) is 0 Å². The Bertz CT molecular complexity index is 942. The second kappa shape index (κ2) is 5.60. The second-order valence-corrected chi connectivity index (χ2v) is 6.17. The lowest BCUT2D eigenvalue weighted by Crippen LogP contribution is -2.31. The van der Waals surface area contributed by atoms with Crippen LogP contribution in [0, 0.1) is 13.8 Å². The Labute approximate surface area is 140 Å². The number of nitrogens with one attached hydrogen (secondary N) is 2. The zero-order chi connectivity index (χ0) is 16.7. The first-order valence-electron chi connectivity index (χ1n) is 8.03. The molecule has 0 unspecified atom stereocenters. The first kappa shape index (κ1) is 14.6. The molecule has 5 heteroatoms. The Hall–Kier alpha value is -2.95. The van der Waals surface area contributed by atoms with Gasteiger partial charge in [0, 0.05) is 30.4 Å². The first-order valence-corrected chi connectivity index (χ1v) is 8.03. The van der Waals surface area contributed by atoms with Crippen molar-refractivity contribution >= 4 is 5.91 Å². The molecule has 1 aromatic carbocycles. The number of fused-ring (bicyclic) bond motifs is 1. The number of aryl methyl sites for hydroxylation is 2. The third kappa shape index (κ3) is 2.48. The minimum atomic E-state index is -0.0254. The molecule has 0 fully saturated rings. The van der Waals surface area contributed by atoms with Crippen LogP contribution in [0.5, 0.6) is 0 Å². The molecule has 3 heterocycles. The lowest BCUT2D eigenvalue weighted by Gasteiger charge is -2.10. The van der Waals surface area contributed by atoms with Gasteiger partial charge in [-0.25, -0.2) is 9.97 Å². The fourth-order valence-corrected chi connectivity index (χ4v) is 3.05. The number of hydrogen-bond acceptors (Lipinski definition) is 3. The Morgan fingerprint density at radius 2 is 1.96 bits per heavy atom. The van der Waals surface area contributed by atoms with Crippen molar-refractivity contribution < 1.29 is 4.79 Å². The molecule has 2 N–H and O–H groups in total. The summed E-state index contributed by atoms with van der Waals surface area (Å²) in [6.45, 7) is 4.79. The van der Waals surface area contributed by atoms with Gasteiger partial charge in [-0.2, -0.15) is 0 Å². The van der Waals surface area contributed by atoms with E-state index >= 15 is 0 Å². The van der Waals surface area contributed by atoms with E-state index in [4.69, 9.17) is 4.98 Å². The smallest absolute Gasteiger partial charge is 0.253 e. The van der Waals surface area contributed by atoms with Crippen LogP contribution < -0.4 is 5.32 Å². The molecule has 0 bridgehead atoms. The van der Waals surface area contributed by atoms with Crippen LogP contribution in [0.1, 0.15) is 27.2 Å². The molecule has 0 saturated heterocycles. The molecule has 0 radical (unpaired) electrons. The molecule has 0 spiro atoms. The van der Waals surface area contributed by atoms with Crippen molar-refractivity contribution in [1.29, 1.82) is 0 Å². The van der Waals surface area contributed by atoms with Gasteiger partial charge in [-0.15, -0.1) is 0 Å². The van der Waals surface area contributed by atoms with Crippen molar-refractivity contribution in [1.82, 2.24) is 20.3 Å². The van der Waals surface area contributed by atoms with Gasteiger partial charge in [0.2, 0.25) is 0 Å². The van der Waals surface area contributed by atoms with Crippen LogP contribution in [-0.2, 0) is 6.42 Å². The molecular weight excluding hydrogens is 300 g/mol. The largest absolute Gasteiger partial charge is 0.356 e. The van der Waals surface area contributed by atoms with E-state index in [0.717, 1.165) is 34.6 Å². The van der Waals surface area contributed by atoms with Gasteiger partial charge in [-0.05, 0) is 37.6 Å². The fraction of sp³-hybridized carbons (Fsp3) is 0.211. The maximum absolute atomic E-state index is 11.9. The van der Waals surface area contributed by atoms with E-state index in [2.05, 4.69) is 47.3 Å². The summed E-state index contributed by atoms with van der Waals surface area (Å²) in [5, 5.41) is 2.86. The highest BCUT2D eigenvalue weighted by molar-refractivity contribution is 5.97. The topological polar surface area (TPSA) is 70.7 Å². The summed E-state index contributed by atoms with van der Waals surface area (Å²) in [4.78, 5) is 24.4. The standard InChI is InChI=1S/C19H18N4O/c1-11-3-4-12(2)13(9-11)18-20-7-6-16(23-18)17-10-14-15(22-17)5-8-21-19(14)24/h3-4,6-7,9-10,22H,5,8H2,1-2H3,(H,21,24). The summed E-state index contributed by atoms with van der Waals surface area (Å²) in [6, 6.07) is 10.0. The van der Waals surface area contributed by atoms with E-state index in [0.29, 0.717) is 17.9 Å². The number of benzene rings is 1. The second-order valence-electron chi connectivity index (χ2n) is 6.17. The molecule has 24 heavy (non-hydrogen) atoms. The Balaban J connectivity index is 1.78. The molecule has 1 amide bonds. The molecular formula is C19H18N4O. The first-order chi connectivity index (χ1) is 11.6. The lowest BCUT2D eigenvalue weighted by atomic mass is 10.0. The molecule has 4 rings (SSSR count). The van der Waals surface area contributed by atoms with Crippen molar-refractivity contribution in [3.8, 4) is 22.8 Å². The number of rotatable bonds is 2. The number of amides is 1. The molecule has 5 nitrogen and oxygen atoms in total. The van der Waals surface area contributed by atoms with Crippen molar-refractivity contribution in [3.63, 3.8) is 0 Å². The predicted molar refractivity (Wildman–Crippen MR) is 92.8 cm³/mol. The Kier molecular flexibility index (Phi) is 3.41. The van der Waals surface area contributed by atoms with Crippen LogP contribution in [0.3, 0.4) is 0 Å². The molecule has 0 saturated carbocycles. The Morgan fingerprint density at radius 3 is 2.79 bits per heavy atom. The Morgan fingerprint density at radius 1 is 1.08 bits per heavy atom. The van der Waals surface area contributed by atoms with E-state index in [1.165, 1.54) is 5.56 Å². The summed E-state index contributed by atoms with van der Waals surface area (Å²) in [7, 11) is 0. The summed E-state index contributed by atoms with van der Waals surface area (Å²) in [5.74, 6) is 0.674. The third-order valence-corrected chi connectivity index (χ3v) is 4.37. The summed E-state index contributed by atoms with van der Waals surface area (Å²) >= 11 is 0. The van der Waals surface area contributed by atoms with Crippen LogP contribution in [0.25, 0.3) is 22.8 Å². The molecule has 1 aliphatic rings. The highest BCUT2D eigenvalue weighted by Gasteiger charge is 2.20. The van der Waals surface area contributed by atoms with Gasteiger partial charge in [0.05, 0.1) is 17.0 Å². The van der Waals surface area contributed by atoms with Crippen molar-refractivity contribution in [2.45, 2.75) is 20.3 Å². The number of H-pyrrole nitrogens is 1. The van der Waals surface area contributed by atoms with Gasteiger partial charge >= 0.3 is 0 Å². The monoisotopic (exact) mass is 318 g/mol. The molecule has 2 aromatic heterocycles. The van der Waals surface area contributed by atoms with Gasteiger partial charge in [0.1, 0.15) is 0 Å². The third-order valence-electron chi connectivity index (χ3n) is 4.37. The summed E-state index contributed by atoms with van der Waals surface area (Å²) in [5.41, 5.74) is 6.68. The van der Waals surface area contributed by atoms with Crippen molar-refractivity contribution in [2.24, 2.45) is 0 Å². The van der Waals surface area contributed by atoms with Gasteiger partial charge in [0.15, 0.2) is 5.82 Å². The number of nitrogens with zero attached hydrogens (tertiary/aromatic N) is 2. The van der Waals surface area contributed by atoms with Gasteiger partial charge in [0.25, 0.3) is 5.91 Å². The van der Waals surface area contributed by atoms with Gasteiger partial charge in [-0.3, -0.25) is 4.79 Å². The van der Waals surface area contributed by atoms with Crippen molar-refractivity contribution in [3.05, 3.63) is 58.9 Å². The van der Waals surface area contributed by atoms with E-state index in [1.807, 2.05) is 12.1 Å². The summed E-state index contributed by atoms with van der Waals surface area (Å²) in [6.07, 6.45) is 2.58. The average Bonchev–Trinajstić information content (AvgIpc) is 3.03. The average molecular weight is 318 g/mol. The zero-order valence-electron chi connectivity index (χ0n) is 13.7. The highest BCUT2D eigenvalue weighted by atomic mass is 16.1. The van der Waals surface area contributed by atoms with Gasteiger partial charge < -0.3 is 10.3 Å². The zero-order valence-corrected chi connectivity index (χ0v) is 13.7. The molecule has 1 aliphatic heterocycles. The lowest BCUT2D eigenvalue weighted by molar-refractivity contribution is 0.0946. The van der Waals surface area contributed by atoms with Crippen LogP contribution in [-0.4, -0.2) is 27.4 Å². The van der Waals surface area contributed by atoms with Crippen LogP contribution >= 0.6 is 0 Å². The predicted octanol–water partition coefficient (Wildman–Crippen LogP) is 3.04. The van der Waals surface area contributed by atoms with Crippen LogP contribution in [0.4, 0.5) is 0 Å². The minimum Gasteiger partial charge on any atom is -0.356 e. The number of carbonyl (C=O) groups excluding carboxylic acids is 1. The molecule has 120 valence electrons. The quantitative estimate of drug-likeness (QED) is 0.763. The normalized spacial score (nSPS) is 13.5. The van der Waals surface area contributed by atoms with Gasteiger partial charge in [-0.1, -0.05) is 17.7 Å². The van der Waals surface area contributed by atoms with Crippen molar-refractivity contribution in [2.75, 3.05) is 6.54 Å². The number of carbonyl (C=O) groups is 1. The molecule has 0 aliphatic carbocycles.